The van der Waals surface area contributed by atoms with Crippen molar-refractivity contribution >= 4 is 12.3 Å². The Labute approximate surface area is 95.3 Å². The van der Waals surface area contributed by atoms with Crippen LogP contribution in [-0.2, 0) is 4.74 Å². The molecule has 0 bridgehead atoms. The Morgan fingerprint density at radius 3 is 2.12 bits per heavy atom. The topological polar surface area (TPSA) is 9.23 Å². The third-order valence-corrected chi connectivity index (χ3v) is 2.36. The smallest absolute Gasteiger partial charge is 0.0903 e. The Kier molecular flexibility index (Phi) is 3.39. The number of hydrogen-bond acceptors (Lipinski definition) is 1. The Morgan fingerprint density at radius 2 is 1.44 bits per heavy atom. The average molecular weight is 210 g/mol. The third-order valence-electron chi connectivity index (χ3n) is 2.36. The second-order valence-corrected chi connectivity index (χ2v) is 3.54. The van der Waals surface area contributed by atoms with Crippen LogP contribution in [0.3, 0.4) is 0 Å². The van der Waals surface area contributed by atoms with Gasteiger partial charge < -0.3 is 4.74 Å². The van der Waals surface area contributed by atoms with Gasteiger partial charge in [-0.3, -0.25) is 0 Å². The van der Waals surface area contributed by atoms with Crippen molar-refractivity contribution in [2.24, 2.45) is 0 Å². The fourth-order valence-corrected chi connectivity index (χ4v) is 1.61. The minimum atomic E-state index is 1.09. The number of benzene rings is 2. The van der Waals surface area contributed by atoms with Crippen LogP contribution < -0.4 is 10.4 Å². The predicted molar refractivity (Wildman–Crippen MR) is 67.2 cm³/mol. The van der Waals surface area contributed by atoms with Gasteiger partial charge in [0.05, 0.1) is 13.4 Å². The summed E-state index contributed by atoms with van der Waals surface area (Å²) < 4.78 is 5.06. The monoisotopic (exact) mass is 210 g/mol. The lowest BCUT2D eigenvalue weighted by Crippen LogP contribution is -2.23. The highest BCUT2D eigenvalue weighted by atomic mass is 16.5. The normalized spacial score (nSPS) is 12.8. The zero-order chi connectivity index (χ0) is 11.2. The maximum atomic E-state index is 5.06. The zero-order valence-corrected chi connectivity index (χ0v) is 9.26. The summed E-state index contributed by atoms with van der Waals surface area (Å²) in [7, 11) is 1.67. The standard InChI is InChI=1S/C15H14O/c1-16-12-15-10-6-5-9-14(15)11-13-7-3-2-4-8-13/h2-12H,1H3/b14-11+,15-12+. The van der Waals surface area contributed by atoms with E-state index in [0.717, 1.165) is 10.4 Å². The molecule has 0 aromatic heterocycles. The minimum Gasteiger partial charge on any atom is -0.504 e. The number of ether oxygens (including phenoxy) is 1. The van der Waals surface area contributed by atoms with E-state index >= 15 is 0 Å². The van der Waals surface area contributed by atoms with Gasteiger partial charge in [-0.05, 0) is 16.9 Å². The van der Waals surface area contributed by atoms with Crippen LogP contribution in [0.1, 0.15) is 5.56 Å². The Morgan fingerprint density at radius 1 is 0.812 bits per heavy atom. The molecule has 0 atom stereocenters. The molecule has 80 valence electrons. The highest BCUT2D eigenvalue weighted by Crippen LogP contribution is 1.97. The summed E-state index contributed by atoms with van der Waals surface area (Å²) in [6.45, 7) is 0. The van der Waals surface area contributed by atoms with Crippen LogP contribution in [0, 0.1) is 0 Å². The Bertz CT molecular complexity index is 555. The van der Waals surface area contributed by atoms with Crippen molar-refractivity contribution in [3.63, 3.8) is 0 Å². The highest BCUT2D eigenvalue weighted by Gasteiger charge is 1.87. The fraction of sp³-hybridized carbons (Fsp3) is 0.0667. The van der Waals surface area contributed by atoms with Gasteiger partial charge in [0.2, 0.25) is 0 Å². The number of rotatable bonds is 2. The van der Waals surface area contributed by atoms with E-state index in [1.54, 1.807) is 13.4 Å². The number of methoxy groups -OCH3 is 1. The van der Waals surface area contributed by atoms with Crippen molar-refractivity contribution in [3.05, 3.63) is 70.6 Å². The summed E-state index contributed by atoms with van der Waals surface area (Å²) in [6, 6.07) is 18.4. The lowest BCUT2D eigenvalue weighted by atomic mass is 10.1. The molecule has 16 heavy (non-hydrogen) atoms. The molecule has 2 aromatic rings. The summed E-state index contributed by atoms with van der Waals surface area (Å²) in [6.07, 6.45) is 3.90. The van der Waals surface area contributed by atoms with E-state index in [0.29, 0.717) is 0 Å². The first-order valence-electron chi connectivity index (χ1n) is 5.25. The van der Waals surface area contributed by atoms with Crippen LogP contribution >= 0.6 is 0 Å². The SMILES string of the molecule is CO/C=c1\cccc\c1=C/c1ccccc1. The summed E-state index contributed by atoms with van der Waals surface area (Å²) in [5.74, 6) is 0. The summed E-state index contributed by atoms with van der Waals surface area (Å²) in [5, 5.41) is 2.25. The zero-order valence-electron chi connectivity index (χ0n) is 9.26. The molecule has 0 N–H and O–H groups in total. The molecule has 0 aliphatic heterocycles. The maximum absolute atomic E-state index is 5.06. The molecule has 0 unspecified atom stereocenters. The van der Waals surface area contributed by atoms with Crippen molar-refractivity contribution in [2.75, 3.05) is 7.11 Å². The molecule has 0 saturated carbocycles. The minimum absolute atomic E-state index is 1.09. The summed E-state index contributed by atoms with van der Waals surface area (Å²) in [5.41, 5.74) is 1.19. The van der Waals surface area contributed by atoms with Crippen molar-refractivity contribution in [1.29, 1.82) is 0 Å². The lowest BCUT2D eigenvalue weighted by Gasteiger charge is -1.94. The van der Waals surface area contributed by atoms with Gasteiger partial charge in [0.15, 0.2) is 0 Å². The van der Waals surface area contributed by atoms with Crippen LogP contribution in [0.5, 0.6) is 0 Å². The third kappa shape index (κ3) is 2.51. The Hall–Kier alpha value is -2.02. The molecule has 0 amide bonds. The lowest BCUT2D eigenvalue weighted by molar-refractivity contribution is 0.391. The molecule has 2 aromatic carbocycles. The van der Waals surface area contributed by atoms with Gasteiger partial charge in [0.1, 0.15) is 0 Å². The highest BCUT2D eigenvalue weighted by molar-refractivity contribution is 5.49. The first-order valence-corrected chi connectivity index (χ1v) is 5.25. The van der Waals surface area contributed by atoms with Gasteiger partial charge >= 0.3 is 0 Å². The van der Waals surface area contributed by atoms with E-state index in [1.165, 1.54) is 5.56 Å². The van der Waals surface area contributed by atoms with Crippen molar-refractivity contribution in [2.45, 2.75) is 0 Å². The van der Waals surface area contributed by atoms with Gasteiger partial charge in [-0.25, -0.2) is 0 Å². The van der Waals surface area contributed by atoms with Crippen LogP contribution in [0.15, 0.2) is 54.6 Å². The maximum Gasteiger partial charge on any atom is 0.0903 e. The van der Waals surface area contributed by atoms with Crippen molar-refractivity contribution in [3.8, 4) is 0 Å². The number of hydrogen-bond donors (Lipinski definition) is 0. The second-order valence-electron chi connectivity index (χ2n) is 3.54. The molecule has 0 aliphatic carbocycles. The molecule has 1 nitrogen and oxygen atoms in total. The van der Waals surface area contributed by atoms with Crippen molar-refractivity contribution in [1.82, 2.24) is 0 Å². The van der Waals surface area contributed by atoms with E-state index in [1.807, 2.05) is 36.4 Å². The van der Waals surface area contributed by atoms with Gasteiger partial charge in [-0.15, -0.1) is 0 Å². The first kappa shape index (κ1) is 10.5. The van der Waals surface area contributed by atoms with E-state index < -0.39 is 0 Å². The van der Waals surface area contributed by atoms with Crippen LogP contribution in [0.2, 0.25) is 0 Å². The fourth-order valence-electron chi connectivity index (χ4n) is 1.61. The quantitative estimate of drug-likeness (QED) is 0.735. The van der Waals surface area contributed by atoms with E-state index in [4.69, 9.17) is 4.74 Å². The van der Waals surface area contributed by atoms with Gasteiger partial charge in [0.25, 0.3) is 0 Å². The second kappa shape index (κ2) is 5.17. The molecule has 0 spiro atoms. The summed E-state index contributed by atoms with van der Waals surface area (Å²) in [4.78, 5) is 0. The van der Waals surface area contributed by atoms with E-state index in [9.17, 15) is 0 Å². The summed E-state index contributed by atoms with van der Waals surface area (Å²) >= 11 is 0. The van der Waals surface area contributed by atoms with Crippen LogP contribution in [-0.4, -0.2) is 7.11 Å². The first-order chi connectivity index (χ1) is 7.90. The molecular weight excluding hydrogens is 196 g/mol. The molecule has 1 heteroatoms. The van der Waals surface area contributed by atoms with Crippen LogP contribution in [0.25, 0.3) is 12.3 Å². The van der Waals surface area contributed by atoms with Gasteiger partial charge in [-0.2, -0.15) is 0 Å². The van der Waals surface area contributed by atoms with Crippen molar-refractivity contribution < 1.29 is 4.74 Å². The van der Waals surface area contributed by atoms with E-state index in [2.05, 4.69) is 24.3 Å². The molecular formula is C15H14O. The molecule has 2 rings (SSSR count). The molecule has 0 aliphatic rings. The van der Waals surface area contributed by atoms with E-state index in [-0.39, 0.29) is 0 Å². The van der Waals surface area contributed by atoms with Crippen LogP contribution in [0.4, 0.5) is 0 Å². The largest absolute Gasteiger partial charge is 0.504 e. The molecule has 0 saturated heterocycles. The molecule has 0 heterocycles. The predicted octanol–water partition coefficient (Wildman–Crippen LogP) is 1.90. The Balaban J connectivity index is 2.57. The van der Waals surface area contributed by atoms with Gasteiger partial charge in [0, 0.05) is 5.22 Å². The average Bonchev–Trinajstić information content (AvgIpc) is 2.33. The molecule has 0 radical (unpaired) electrons. The molecule has 0 fully saturated rings. The van der Waals surface area contributed by atoms with Gasteiger partial charge in [-0.1, -0.05) is 54.6 Å².